The van der Waals surface area contributed by atoms with Crippen molar-refractivity contribution in [2.24, 2.45) is 0 Å². The van der Waals surface area contributed by atoms with Gasteiger partial charge in [0.1, 0.15) is 11.3 Å². The Morgan fingerprint density at radius 3 is 2.87 bits per heavy atom. The highest BCUT2D eigenvalue weighted by molar-refractivity contribution is 6.01. The number of benzene rings is 1. The number of ether oxygens (including phenoxy) is 2. The van der Waals surface area contributed by atoms with Crippen molar-refractivity contribution in [3.63, 3.8) is 0 Å². The summed E-state index contributed by atoms with van der Waals surface area (Å²) >= 11 is 0. The maximum absolute atomic E-state index is 13.0. The minimum absolute atomic E-state index is 0.0421. The summed E-state index contributed by atoms with van der Waals surface area (Å²) in [6.07, 6.45) is 4.17. The lowest BCUT2D eigenvalue weighted by Gasteiger charge is -2.25. The fraction of sp³-hybridized carbons (Fsp3) is 0.412. The zero-order valence-corrected chi connectivity index (χ0v) is 13.7. The van der Waals surface area contributed by atoms with Crippen molar-refractivity contribution in [1.29, 1.82) is 0 Å². The van der Waals surface area contributed by atoms with Crippen LogP contribution in [0.3, 0.4) is 0 Å². The molecule has 1 unspecified atom stereocenters. The van der Waals surface area contributed by atoms with Crippen LogP contribution in [0.25, 0.3) is 0 Å². The number of aromatic nitrogens is 2. The molecular formula is C17H21N3O3. The molecule has 3 rings (SSSR count). The van der Waals surface area contributed by atoms with Crippen molar-refractivity contribution < 1.29 is 14.3 Å². The van der Waals surface area contributed by atoms with Gasteiger partial charge in [0.15, 0.2) is 0 Å². The predicted molar refractivity (Wildman–Crippen MR) is 86.8 cm³/mol. The Kier molecular flexibility index (Phi) is 4.09. The second-order valence-corrected chi connectivity index (χ2v) is 5.85. The molecule has 0 spiro atoms. The first-order valence-electron chi connectivity index (χ1n) is 7.58. The normalized spacial score (nSPS) is 20.0. The van der Waals surface area contributed by atoms with E-state index in [2.05, 4.69) is 4.98 Å². The van der Waals surface area contributed by atoms with Gasteiger partial charge in [-0.3, -0.25) is 9.69 Å². The maximum Gasteiger partial charge on any atom is 0.255 e. The van der Waals surface area contributed by atoms with Crippen LogP contribution in [0.5, 0.6) is 5.75 Å². The van der Waals surface area contributed by atoms with Crippen LogP contribution in [-0.2, 0) is 21.5 Å². The summed E-state index contributed by atoms with van der Waals surface area (Å²) in [4.78, 5) is 19.0. The van der Waals surface area contributed by atoms with Gasteiger partial charge in [-0.05, 0) is 24.6 Å². The number of rotatable bonds is 6. The standard InChI is InChI=1S/C17H21N3O3/c1-17(12-13-5-4-6-14(11-13)23-3)15(21)19(9-10-22-2)16-18-7-8-20(16)17/h4-8,11H,9-10,12H2,1-3H3. The topological polar surface area (TPSA) is 56.6 Å². The van der Waals surface area contributed by atoms with Gasteiger partial charge in [0.05, 0.1) is 20.3 Å². The lowest BCUT2D eigenvalue weighted by Crippen LogP contribution is -2.43. The molecule has 0 aliphatic carbocycles. The quantitative estimate of drug-likeness (QED) is 0.816. The van der Waals surface area contributed by atoms with Crippen molar-refractivity contribution in [3.05, 3.63) is 42.2 Å². The van der Waals surface area contributed by atoms with E-state index in [1.807, 2.05) is 42.0 Å². The van der Waals surface area contributed by atoms with Crippen molar-refractivity contribution in [2.45, 2.75) is 18.9 Å². The zero-order valence-electron chi connectivity index (χ0n) is 13.7. The van der Waals surface area contributed by atoms with Crippen LogP contribution in [-0.4, -0.2) is 42.8 Å². The summed E-state index contributed by atoms with van der Waals surface area (Å²) in [5.41, 5.74) is 0.361. The van der Waals surface area contributed by atoms with Crippen LogP contribution in [0, 0.1) is 0 Å². The Bertz CT molecular complexity index is 713. The highest BCUT2D eigenvalue weighted by Crippen LogP contribution is 2.36. The van der Waals surface area contributed by atoms with E-state index in [1.54, 1.807) is 25.3 Å². The predicted octanol–water partition coefficient (Wildman–Crippen LogP) is 1.84. The molecule has 0 saturated heterocycles. The minimum atomic E-state index is -0.689. The molecule has 6 nitrogen and oxygen atoms in total. The first kappa shape index (κ1) is 15.6. The Hall–Kier alpha value is -2.34. The van der Waals surface area contributed by atoms with E-state index < -0.39 is 5.54 Å². The Labute approximate surface area is 135 Å². The summed E-state index contributed by atoms with van der Waals surface area (Å²) in [5.74, 6) is 1.51. The van der Waals surface area contributed by atoms with E-state index in [1.165, 1.54) is 0 Å². The van der Waals surface area contributed by atoms with E-state index in [0.29, 0.717) is 25.5 Å². The van der Waals surface area contributed by atoms with Crippen LogP contribution in [0.15, 0.2) is 36.7 Å². The molecule has 6 heteroatoms. The van der Waals surface area contributed by atoms with Crippen LogP contribution in [0.2, 0.25) is 0 Å². The van der Waals surface area contributed by atoms with E-state index >= 15 is 0 Å². The first-order valence-corrected chi connectivity index (χ1v) is 7.58. The molecule has 23 heavy (non-hydrogen) atoms. The van der Waals surface area contributed by atoms with E-state index in [-0.39, 0.29) is 5.91 Å². The average Bonchev–Trinajstić information content (AvgIpc) is 3.11. The summed E-state index contributed by atoms with van der Waals surface area (Å²) < 4.78 is 12.3. The molecule has 1 amide bonds. The van der Waals surface area contributed by atoms with Gasteiger partial charge in [-0.15, -0.1) is 0 Å². The lowest BCUT2D eigenvalue weighted by molar-refractivity contribution is -0.124. The largest absolute Gasteiger partial charge is 0.497 e. The molecule has 1 atom stereocenters. The lowest BCUT2D eigenvalue weighted by atomic mass is 9.92. The fourth-order valence-electron chi connectivity index (χ4n) is 3.09. The van der Waals surface area contributed by atoms with Gasteiger partial charge < -0.3 is 14.0 Å². The maximum atomic E-state index is 13.0. The van der Waals surface area contributed by atoms with E-state index in [4.69, 9.17) is 9.47 Å². The van der Waals surface area contributed by atoms with Crippen LogP contribution in [0.1, 0.15) is 12.5 Å². The van der Waals surface area contributed by atoms with Gasteiger partial charge in [-0.1, -0.05) is 12.1 Å². The Morgan fingerprint density at radius 1 is 1.30 bits per heavy atom. The Balaban J connectivity index is 1.92. The van der Waals surface area contributed by atoms with Gasteiger partial charge in [-0.25, -0.2) is 4.98 Å². The van der Waals surface area contributed by atoms with Gasteiger partial charge in [0.25, 0.3) is 5.91 Å². The summed E-state index contributed by atoms with van der Waals surface area (Å²) in [5, 5.41) is 0. The number of hydrogen-bond donors (Lipinski definition) is 0. The SMILES string of the molecule is COCCN1C(=O)C(C)(Cc2cccc(OC)c2)n2ccnc21. The number of amides is 1. The third-order valence-electron chi connectivity index (χ3n) is 4.30. The molecule has 1 aliphatic rings. The number of nitrogens with zero attached hydrogens (tertiary/aromatic N) is 3. The van der Waals surface area contributed by atoms with Gasteiger partial charge in [-0.2, -0.15) is 0 Å². The number of fused-ring (bicyclic) bond motifs is 1. The number of methoxy groups -OCH3 is 2. The third kappa shape index (κ3) is 2.59. The van der Waals surface area contributed by atoms with Crippen LogP contribution < -0.4 is 9.64 Å². The van der Waals surface area contributed by atoms with E-state index in [0.717, 1.165) is 11.3 Å². The molecule has 1 aromatic heterocycles. The second-order valence-electron chi connectivity index (χ2n) is 5.85. The molecule has 1 aromatic carbocycles. The number of imidazole rings is 1. The van der Waals surface area contributed by atoms with Gasteiger partial charge in [0.2, 0.25) is 5.95 Å². The van der Waals surface area contributed by atoms with Crippen molar-refractivity contribution in [1.82, 2.24) is 9.55 Å². The first-order chi connectivity index (χ1) is 11.1. The van der Waals surface area contributed by atoms with Gasteiger partial charge >= 0.3 is 0 Å². The summed E-state index contributed by atoms with van der Waals surface area (Å²) in [6.45, 7) is 2.93. The fourth-order valence-corrected chi connectivity index (χ4v) is 3.09. The highest BCUT2D eigenvalue weighted by atomic mass is 16.5. The number of hydrogen-bond acceptors (Lipinski definition) is 4. The van der Waals surface area contributed by atoms with Crippen LogP contribution >= 0.6 is 0 Å². The molecular weight excluding hydrogens is 294 g/mol. The molecule has 0 bridgehead atoms. The summed E-state index contributed by atoms with van der Waals surface area (Å²) in [6, 6.07) is 7.81. The molecule has 0 saturated carbocycles. The molecule has 2 aromatic rings. The monoisotopic (exact) mass is 315 g/mol. The average molecular weight is 315 g/mol. The van der Waals surface area contributed by atoms with Crippen molar-refractivity contribution in [3.8, 4) is 5.75 Å². The summed E-state index contributed by atoms with van der Waals surface area (Å²) in [7, 11) is 3.27. The molecule has 0 radical (unpaired) electrons. The Morgan fingerprint density at radius 2 is 2.13 bits per heavy atom. The van der Waals surface area contributed by atoms with Gasteiger partial charge in [0, 0.05) is 25.9 Å². The number of carbonyl (C=O) groups excluding carboxylic acids is 1. The number of carbonyl (C=O) groups is 1. The highest BCUT2D eigenvalue weighted by Gasteiger charge is 2.47. The number of anilines is 1. The van der Waals surface area contributed by atoms with Crippen LogP contribution in [0.4, 0.5) is 5.95 Å². The molecule has 1 aliphatic heterocycles. The molecule has 0 fully saturated rings. The van der Waals surface area contributed by atoms with E-state index in [9.17, 15) is 4.79 Å². The third-order valence-corrected chi connectivity index (χ3v) is 4.30. The van der Waals surface area contributed by atoms with Crippen molar-refractivity contribution >= 4 is 11.9 Å². The smallest absolute Gasteiger partial charge is 0.255 e. The molecule has 2 heterocycles. The zero-order chi connectivity index (χ0) is 16.4. The molecule has 0 N–H and O–H groups in total. The van der Waals surface area contributed by atoms with Crippen molar-refractivity contribution in [2.75, 3.05) is 32.3 Å². The molecule has 122 valence electrons. The minimum Gasteiger partial charge on any atom is -0.497 e. The second kappa shape index (κ2) is 6.04.